The molecular weight excluding hydrogens is 362 g/mol. The van der Waals surface area contributed by atoms with Crippen molar-refractivity contribution in [1.82, 2.24) is 9.78 Å². The molecule has 0 fully saturated rings. The number of carbonyl (C=O) groups is 2. The van der Waals surface area contributed by atoms with Crippen LogP contribution in [0.4, 0.5) is 5.00 Å². The first-order valence-corrected chi connectivity index (χ1v) is 9.27. The average molecular weight is 383 g/mol. The molecular formula is C20H21N3O3S. The predicted octanol–water partition coefficient (Wildman–Crippen LogP) is 4.21. The summed E-state index contributed by atoms with van der Waals surface area (Å²) in [4.78, 5) is 25.9. The third-order valence-corrected chi connectivity index (χ3v) is 5.72. The first-order chi connectivity index (χ1) is 12.8. The Bertz CT molecular complexity index is 1030. The topological polar surface area (TPSA) is 73.2 Å². The van der Waals surface area contributed by atoms with Gasteiger partial charge in [0.05, 0.1) is 35.8 Å². The van der Waals surface area contributed by atoms with Gasteiger partial charge in [-0.2, -0.15) is 5.10 Å². The van der Waals surface area contributed by atoms with Gasteiger partial charge in [0, 0.05) is 4.88 Å². The Morgan fingerprint density at radius 3 is 2.52 bits per heavy atom. The molecule has 0 atom stereocenters. The van der Waals surface area contributed by atoms with E-state index in [0.29, 0.717) is 16.1 Å². The van der Waals surface area contributed by atoms with Crippen molar-refractivity contribution in [3.05, 3.63) is 63.3 Å². The molecule has 1 aromatic carbocycles. The molecule has 0 aliphatic heterocycles. The van der Waals surface area contributed by atoms with E-state index in [2.05, 4.69) is 10.4 Å². The van der Waals surface area contributed by atoms with E-state index in [9.17, 15) is 9.59 Å². The van der Waals surface area contributed by atoms with E-state index in [1.807, 2.05) is 52.0 Å². The fourth-order valence-corrected chi connectivity index (χ4v) is 3.95. The van der Waals surface area contributed by atoms with Gasteiger partial charge in [0.25, 0.3) is 5.91 Å². The number of thiophene rings is 1. The fourth-order valence-electron chi connectivity index (χ4n) is 2.91. The maximum Gasteiger partial charge on any atom is 0.341 e. The first-order valence-electron chi connectivity index (χ1n) is 8.45. The molecule has 3 rings (SSSR count). The number of hydrogen-bond donors (Lipinski definition) is 1. The van der Waals surface area contributed by atoms with Crippen LogP contribution in [0.25, 0.3) is 5.69 Å². The van der Waals surface area contributed by atoms with Crippen LogP contribution >= 0.6 is 11.3 Å². The molecule has 0 spiro atoms. The van der Waals surface area contributed by atoms with Crippen molar-refractivity contribution in [1.29, 1.82) is 0 Å². The van der Waals surface area contributed by atoms with Crippen molar-refractivity contribution >= 4 is 28.2 Å². The van der Waals surface area contributed by atoms with Gasteiger partial charge in [0.1, 0.15) is 5.00 Å². The van der Waals surface area contributed by atoms with Crippen molar-refractivity contribution < 1.29 is 14.3 Å². The number of aryl methyl sites for hydroxylation is 2. The van der Waals surface area contributed by atoms with Gasteiger partial charge in [-0.1, -0.05) is 18.2 Å². The third kappa shape index (κ3) is 3.38. The molecule has 0 saturated heterocycles. The number of benzene rings is 1. The highest BCUT2D eigenvalue weighted by Crippen LogP contribution is 2.33. The lowest BCUT2D eigenvalue weighted by atomic mass is 10.1. The number of ether oxygens (including phenoxy) is 1. The van der Waals surface area contributed by atoms with E-state index in [-0.39, 0.29) is 5.91 Å². The lowest BCUT2D eigenvalue weighted by molar-refractivity contribution is 0.0601. The summed E-state index contributed by atoms with van der Waals surface area (Å²) in [7, 11) is 1.33. The van der Waals surface area contributed by atoms with E-state index in [4.69, 9.17) is 4.74 Å². The van der Waals surface area contributed by atoms with Crippen LogP contribution in [0.15, 0.2) is 30.5 Å². The largest absolute Gasteiger partial charge is 0.465 e. The number of methoxy groups -OCH3 is 1. The maximum atomic E-state index is 12.8. The zero-order valence-electron chi connectivity index (χ0n) is 15.9. The molecule has 2 aromatic heterocycles. The van der Waals surface area contributed by atoms with Gasteiger partial charge in [-0.3, -0.25) is 4.79 Å². The molecule has 140 valence electrons. The van der Waals surface area contributed by atoms with E-state index in [1.54, 1.807) is 10.9 Å². The van der Waals surface area contributed by atoms with Crippen LogP contribution in [0.1, 0.15) is 42.4 Å². The SMILES string of the molecule is COC(=O)c1c(NC(=O)c2cnn(-c3ccccc3C)c2C)sc(C)c1C. The van der Waals surface area contributed by atoms with Gasteiger partial charge >= 0.3 is 5.97 Å². The van der Waals surface area contributed by atoms with E-state index in [1.165, 1.54) is 18.4 Å². The first kappa shape index (κ1) is 18.8. The van der Waals surface area contributed by atoms with Crippen LogP contribution in [-0.2, 0) is 4.74 Å². The number of anilines is 1. The minimum Gasteiger partial charge on any atom is -0.465 e. The van der Waals surface area contributed by atoms with Crippen molar-refractivity contribution in [3.8, 4) is 5.69 Å². The summed E-state index contributed by atoms with van der Waals surface area (Å²) in [6, 6.07) is 7.85. The molecule has 0 radical (unpaired) electrons. The molecule has 7 heteroatoms. The predicted molar refractivity (Wildman–Crippen MR) is 106 cm³/mol. The normalized spacial score (nSPS) is 10.7. The number of rotatable bonds is 4. The van der Waals surface area contributed by atoms with Crippen LogP contribution in [-0.4, -0.2) is 28.8 Å². The summed E-state index contributed by atoms with van der Waals surface area (Å²) in [6.07, 6.45) is 1.54. The molecule has 2 heterocycles. The van der Waals surface area contributed by atoms with Gasteiger partial charge in [-0.25, -0.2) is 9.48 Å². The molecule has 0 aliphatic rings. The summed E-state index contributed by atoms with van der Waals surface area (Å²) in [5.74, 6) is -0.766. The standard InChI is InChI=1S/C20H21N3O3S/c1-11-8-6-7-9-16(11)23-13(3)15(10-21-23)18(24)22-19-17(20(25)26-5)12(2)14(4)27-19/h6-10H,1-5H3,(H,22,24). The van der Waals surface area contributed by atoms with Crippen molar-refractivity contribution in [3.63, 3.8) is 0 Å². The number of carbonyl (C=O) groups excluding carboxylic acids is 2. The average Bonchev–Trinajstić information content (AvgIpc) is 3.15. The van der Waals surface area contributed by atoms with E-state index < -0.39 is 5.97 Å². The van der Waals surface area contributed by atoms with Gasteiger partial charge in [-0.15, -0.1) is 11.3 Å². The van der Waals surface area contributed by atoms with E-state index >= 15 is 0 Å². The highest BCUT2D eigenvalue weighted by molar-refractivity contribution is 7.16. The van der Waals surface area contributed by atoms with Crippen LogP contribution < -0.4 is 5.32 Å². The second kappa shape index (κ2) is 7.36. The van der Waals surface area contributed by atoms with Crippen LogP contribution in [0.3, 0.4) is 0 Å². The Labute approximate surface area is 161 Å². The van der Waals surface area contributed by atoms with Crippen LogP contribution in [0.2, 0.25) is 0 Å². The minimum absolute atomic E-state index is 0.307. The molecule has 27 heavy (non-hydrogen) atoms. The van der Waals surface area contributed by atoms with Gasteiger partial charge in [0.15, 0.2) is 0 Å². The van der Waals surface area contributed by atoms with Gasteiger partial charge < -0.3 is 10.1 Å². The molecule has 1 amide bonds. The van der Waals surface area contributed by atoms with Crippen LogP contribution in [0, 0.1) is 27.7 Å². The number of hydrogen-bond acceptors (Lipinski definition) is 5. The summed E-state index contributed by atoms with van der Waals surface area (Å²) >= 11 is 1.36. The molecule has 0 unspecified atom stereocenters. The maximum absolute atomic E-state index is 12.8. The summed E-state index contributed by atoms with van der Waals surface area (Å²) in [5.41, 5.74) is 4.39. The third-order valence-electron chi connectivity index (χ3n) is 4.60. The molecule has 0 saturated carbocycles. The Morgan fingerprint density at radius 2 is 1.85 bits per heavy atom. The zero-order valence-corrected chi connectivity index (χ0v) is 16.7. The molecule has 3 aromatic rings. The number of nitrogens with zero attached hydrogens (tertiary/aromatic N) is 2. The summed E-state index contributed by atoms with van der Waals surface area (Å²) < 4.78 is 6.60. The quantitative estimate of drug-likeness (QED) is 0.685. The second-order valence-corrected chi connectivity index (χ2v) is 7.50. The van der Waals surface area contributed by atoms with Gasteiger partial charge in [0.2, 0.25) is 0 Å². The Kier molecular flexibility index (Phi) is 5.14. The smallest absolute Gasteiger partial charge is 0.341 e. The second-order valence-electron chi connectivity index (χ2n) is 6.28. The number of para-hydroxylation sites is 1. The Balaban J connectivity index is 1.94. The van der Waals surface area contributed by atoms with Crippen LogP contribution in [0.5, 0.6) is 0 Å². The zero-order chi connectivity index (χ0) is 19.7. The molecule has 0 aliphatic carbocycles. The minimum atomic E-state index is -0.459. The van der Waals surface area contributed by atoms with Crippen molar-refractivity contribution in [2.24, 2.45) is 0 Å². The summed E-state index contributed by atoms with van der Waals surface area (Å²) in [5, 5.41) is 7.71. The number of aromatic nitrogens is 2. The Hall–Kier alpha value is -2.93. The van der Waals surface area contributed by atoms with Gasteiger partial charge in [-0.05, 0) is 44.9 Å². The van der Waals surface area contributed by atoms with Crippen molar-refractivity contribution in [2.45, 2.75) is 27.7 Å². The number of amides is 1. The van der Waals surface area contributed by atoms with Crippen molar-refractivity contribution in [2.75, 3.05) is 12.4 Å². The lowest BCUT2D eigenvalue weighted by Crippen LogP contribution is -2.15. The fraction of sp³-hybridized carbons (Fsp3) is 0.250. The van der Waals surface area contributed by atoms with E-state index in [0.717, 1.165) is 27.4 Å². The lowest BCUT2D eigenvalue weighted by Gasteiger charge is -2.09. The Morgan fingerprint density at radius 1 is 1.15 bits per heavy atom. The number of nitrogens with one attached hydrogen (secondary N) is 1. The highest BCUT2D eigenvalue weighted by atomic mass is 32.1. The molecule has 6 nitrogen and oxygen atoms in total. The highest BCUT2D eigenvalue weighted by Gasteiger charge is 2.23. The molecule has 1 N–H and O–H groups in total. The number of esters is 1. The monoisotopic (exact) mass is 383 g/mol. The molecule has 0 bridgehead atoms. The summed E-state index contributed by atoms with van der Waals surface area (Å²) in [6.45, 7) is 7.59.